The van der Waals surface area contributed by atoms with E-state index >= 15 is 0 Å². The summed E-state index contributed by atoms with van der Waals surface area (Å²) in [6.45, 7) is 0. The first-order valence-corrected chi connectivity index (χ1v) is 10.6. The Hall–Kier alpha value is -1.55. The molecule has 0 unspecified atom stereocenters. The maximum Gasteiger partial charge on any atom is 0.356 e. The third kappa shape index (κ3) is 4.25. The van der Waals surface area contributed by atoms with E-state index < -0.39 is 32.5 Å². The Morgan fingerprint density at radius 2 is 1.17 bits per heavy atom. The molecule has 8 nitrogen and oxygen atoms in total. The van der Waals surface area contributed by atoms with Gasteiger partial charge in [-0.15, -0.1) is 4.13 Å². The molecule has 0 heterocycles. The summed E-state index contributed by atoms with van der Waals surface area (Å²) in [7, 11) is -13.2. The van der Waals surface area contributed by atoms with E-state index in [4.69, 9.17) is 9.79 Å². The van der Waals surface area contributed by atoms with E-state index in [9.17, 15) is 21.4 Å². The molecule has 0 aromatic heterocycles. The van der Waals surface area contributed by atoms with Crippen molar-refractivity contribution in [3.63, 3.8) is 0 Å². The van der Waals surface area contributed by atoms with Crippen molar-refractivity contribution in [1.82, 2.24) is 4.13 Å². The molecule has 0 aliphatic rings. The first-order chi connectivity index (χ1) is 10.5. The van der Waals surface area contributed by atoms with Crippen molar-refractivity contribution in [3.05, 3.63) is 54.6 Å². The smallest absolute Gasteiger partial charge is 0.321 e. The zero-order valence-corrected chi connectivity index (χ0v) is 13.9. The van der Waals surface area contributed by atoms with Gasteiger partial charge < -0.3 is 9.79 Å². The highest BCUT2D eigenvalue weighted by Gasteiger charge is 2.25. The highest BCUT2D eigenvalue weighted by atomic mass is 32.3. The van der Waals surface area contributed by atoms with Gasteiger partial charge in [0.15, 0.2) is 0 Å². The molecule has 2 aromatic carbocycles. The fourth-order valence-electron chi connectivity index (χ4n) is 1.66. The maximum atomic E-state index is 12.1. The summed E-state index contributed by atoms with van der Waals surface area (Å²) < 4.78 is 60.9. The number of hydrogen-bond donors (Lipinski definition) is 3. The van der Waals surface area contributed by atoms with Crippen LogP contribution in [0.1, 0.15) is 0 Å². The van der Waals surface area contributed by atoms with E-state index in [0.717, 1.165) is 24.3 Å². The lowest BCUT2D eigenvalue weighted by Crippen LogP contribution is -2.30. The Morgan fingerprint density at radius 3 is 1.61 bits per heavy atom. The minimum absolute atomic E-state index is 0.226. The van der Waals surface area contributed by atoms with Gasteiger partial charge in [-0.05, 0) is 36.4 Å². The van der Waals surface area contributed by atoms with Gasteiger partial charge in [-0.25, -0.2) is 16.8 Å². The molecular weight excluding hydrogens is 365 g/mol. The average Bonchev–Trinajstić information content (AvgIpc) is 2.46. The Bertz CT molecular complexity index is 948. The van der Waals surface area contributed by atoms with E-state index in [1.165, 1.54) is 24.3 Å². The maximum absolute atomic E-state index is 12.1. The molecule has 0 amide bonds. The summed E-state index contributed by atoms with van der Waals surface area (Å²) in [4.78, 5) is 17.3. The van der Waals surface area contributed by atoms with Crippen LogP contribution in [0.4, 0.5) is 0 Å². The topological polar surface area (TPSA) is 138 Å². The predicted octanol–water partition coefficient (Wildman–Crippen LogP) is 0.157. The van der Waals surface area contributed by atoms with Gasteiger partial charge in [-0.1, -0.05) is 18.2 Å². The lowest BCUT2D eigenvalue weighted by molar-refractivity contribution is 0.387. The van der Waals surface area contributed by atoms with Crippen molar-refractivity contribution in [3.8, 4) is 0 Å². The van der Waals surface area contributed by atoms with Crippen molar-refractivity contribution in [1.29, 1.82) is 0 Å². The minimum Gasteiger partial charge on any atom is -0.321 e. The van der Waals surface area contributed by atoms with Gasteiger partial charge in [-0.2, -0.15) is 0 Å². The summed E-state index contributed by atoms with van der Waals surface area (Å²) in [5.74, 6) is 0. The predicted molar refractivity (Wildman–Crippen MR) is 82.1 cm³/mol. The molecule has 0 saturated carbocycles. The monoisotopic (exact) mass is 377 g/mol. The van der Waals surface area contributed by atoms with Crippen LogP contribution in [0.3, 0.4) is 0 Å². The molecule has 124 valence electrons. The first-order valence-electron chi connectivity index (χ1n) is 6.02. The molecule has 0 aliphatic heterocycles. The molecule has 0 radical (unpaired) electrons. The Morgan fingerprint density at radius 1 is 0.739 bits per heavy atom. The number of rotatable bonds is 5. The van der Waals surface area contributed by atoms with Gasteiger partial charge in [-0.3, -0.25) is 4.57 Å². The van der Waals surface area contributed by atoms with Crippen LogP contribution in [0.5, 0.6) is 0 Å². The van der Waals surface area contributed by atoms with Crippen molar-refractivity contribution < 1.29 is 31.2 Å². The van der Waals surface area contributed by atoms with E-state index in [-0.39, 0.29) is 10.2 Å². The SMILES string of the molecule is O=P(O)(O)c1ccc(S(=O)(=O)NS(=O)(=O)c2ccccc2)cc1. The van der Waals surface area contributed by atoms with Gasteiger partial charge in [0.05, 0.1) is 15.1 Å². The lowest BCUT2D eigenvalue weighted by atomic mass is 10.4. The van der Waals surface area contributed by atoms with Gasteiger partial charge in [0.1, 0.15) is 0 Å². The zero-order valence-electron chi connectivity index (χ0n) is 11.4. The van der Waals surface area contributed by atoms with Crippen LogP contribution in [0.2, 0.25) is 0 Å². The standard InChI is InChI=1S/C12H12NO7PS2/c14-21(15,16)10-6-8-12(9-7-10)23(19,20)13-22(17,18)11-4-2-1-3-5-11/h1-9,13H,(H2,14,15,16). The fourth-order valence-corrected chi connectivity index (χ4v) is 5.13. The summed E-state index contributed by atoms with van der Waals surface area (Å²) in [5.41, 5.74) is 0. The van der Waals surface area contributed by atoms with Crippen molar-refractivity contribution >= 4 is 32.9 Å². The second-order valence-electron chi connectivity index (χ2n) is 4.44. The summed E-state index contributed by atoms with van der Waals surface area (Å²) in [6.07, 6.45) is 0. The second-order valence-corrected chi connectivity index (χ2v) is 9.67. The molecule has 0 saturated heterocycles. The summed E-state index contributed by atoms with van der Waals surface area (Å²) in [6, 6.07) is 10.6. The molecule has 3 N–H and O–H groups in total. The highest BCUT2D eigenvalue weighted by Crippen LogP contribution is 2.33. The quantitative estimate of drug-likeness (QED) is 0.631. The molecule has 23 heavy (non-hydrogen) atoms. The van der Waals surface area contributed by atoms with Gasteiger partial charge in [0.25, 0.3) is 20.0 Å². The van der Waals surface area contributed by atoms with Crippen LogP contribution in [0.15, 0.2) is 64.4 Å². The molecule has 2 rings (SSSR count). The number of benzene rings is 2. The van der Waals surface area contributed by atoms with Crippen LogP contribution in [0.25, 0.3) is 0 Å². The largest absolute Gasteiger partial charge is 0.356 e. The molecule has 2 aromatic rings. The van der Waals surface area contributed by atoms with Crippen molar-refractivity contribution in [2.24, 2.45) is 0 Å². The summed E-state index contributed by atoms with van der Waals surface area (Å²) >= 11 is 0. The third-order valence-electron chi connectivity index (χ3n) is 2.76. The van der Waals surface area contributed by atoms with Gasteiger partial charge in [0, 0.05) is 0 Å². The highest BCUT2D eigenvalue weighted by molar-refractivity contribution is 8.04. The number of nitrogens with one attached hydrogen (secondary N) is 1. The number of sulfonamides is 2. The van der Waals surface area contributed by atoms with Crippen LogP contribution in [-0.2, 0) is 24.6 Å². The second kappa shape index (κ2) is 6.16. The Labute approximate surface area is 133 Å². The lowest BCUT2D eigenvalue weighted by Gasteiger charge is -2.09. The third-order valence-corrected chi connectivity index (χ3v) is 7.27. The normalized spacial score (nSPS) is 13.0. The molecule has 0 fully saturated rings. The number of hydrogen-bond acceptors (Lipinski definition) is 5. The molecular formula is C12H12NO7PS2. The van der Waals surface area contributed by atoms with Crippen LogP contribution < -0.4 is 9.43 Å². The van der Waals surface area contributed by atoms with Crippen LogP contribution >= 0.6 is 7.60 Å². The average molecular weight is 377 g/mol. The molecule has 0 atom stereocenters. The Balaban J connectivity index is 2.35. The molecule has 0 spiro atoms. The van der Waals surface area contributed by atoms with Crippen molar-refractivity contribution in [2.45, 2.75) is 9.79 Å². The first kappa shape index (κ1) is 17.8. The van der Waals surface area contributed by atoms with Crippen LogP contribution in [-0.4, -0.2) is 26.6 Å². The Kier molecular flexibility index (Phi) is 4.76. The van der Waals surface area contributed by atoms with E-state index in [1.807, 2.05) is 0 Å². The van der Waals surface area contributed by atoms with E-state index in [2.05, 4.69) is 0 Å². The van der Waals surface area contributed by atoms with Gasteiger partial charge in [0.2, 0.25) is 0 Å². The van der Waals surface area contributed by atoms with Crippen molar-refractivity contribution in [2.75, 3.05) is 0 Å². The molecule has 0 aliphatic carbocycles. The minimum atomic E-state index is -4.51. The molecule has 11 heteroatoms. The van der Waals surface area contributed by atoms with E-state index in [0.29, 0.717) is 0 Å². The molecule has 0 bridgehead atoms. The zero-order chi connectivity index (χ0) is 17.3. The van der Waals surface area contributed by atoms with Gasteiger partial charge >= 0.3 is 7.60 Å². The van der Waals surface area contributed by atoms with Crippen LogP contribution in [0, 0.1) is 0 Å². The fraction of sp³-hybridized carbons (Fsp3) is 0. The summed E-state index contributed by atoms with van der Waals surface area (Å²) in [5, 5.41) is -0.373. The van der Waals surface area contributed by atoms with E-state index in [1.54, 1.807) is 10.2 Å².